The zero-order valence-electron chi connectivity index (χ0n) is 7.84. The number of aromatic amines is 2. The van der Waals surface area contributed by atoms with E-state index in [4.69, 9.17) is 0 Å². The first kappa shape index (κ1) is 8.68. The summed E-state index contributed by atoms with van der Waals surface area (Å²) < 4.78 is 0. The van der Waals surface area contributed by atoms with Crippen molar-refractivity contribution in [3.8, 4) is 0 Å². The first-order chi connectivity index (χ1) is 6.58. The smallest absolute Gasteiger partial charge is 0.314 e. The highest BCUT2D eigenvalue weighted by atomic mass is 16.2. The maximum absolute atomic E-state index is 11.0. The lowest BCUT2D eigenvalue weighted by molar-refractivity contribution is 1.08. The molecular weight excluding hydrogens is 182 g/mol. The number of nitrogens with zero attached hydrogens (tertiary/aromatic N) is 1. The third-order valence-electron chi connectivity index (χ3n) is 2.02. The van der Waals surface area contributed by atoms with E-state index >= 15 is 0 Å². The topological polar surface area (TPSA) is 78.6 Å². The molecule has 2 N–H and O–H groups in total. The number of rotatable bonds is 0. The second-order valence-corrected chi connectivity index (χ2v) is 3.21. The van der Waals surface area contributed by atoms with E-state index in [1.807, 2.05) is 19.9 Å². The first-order valence-corrected chi connectivity index (χ1v) is 4.18. The number of nitrogens with one attached hydrogen (secondary N) is 2. The molecule has 0 bridgehead atoms. The van der Waals surface area contributed by atoms with Gasteiger partial charge >= 0.3 is 11.1 Å². The molecule has 0 aliphatic heterocycles. The van der Waals surface area contributed by atoms with E-state index in [-0.39, 0.29) is 0 Å². The second-order valence-electron chi connectivity index (χ2n) is 3.21. The fraction of sp³-hybridized carbons (Fsp3) is 0.222. The summed E-state index contributed by atoms with van der Waals surface area (Å²) in [6, 6.07) is 1.84. The van der Waals surface area contributed by atoms with E-state index in [0.29, 0.717) is 11.2 Å². The molecule has 2 heterocycles. The Labute approximate surface area is 78.8 Å². The normalized spacial score (nSPS) is 10.7. The van der Waals surface area contributed by atoms with Gasteiger partial charge in [0.15, 0.2) is 5.65 Å². The summed E-state index contributed by atoms with van der Waals surface area (Å²) in [6.45, 7) is 3.68. The van der Waals surface area contributed by atoms with E-state index in [1.54, 1.807) is 0 Å². The van der Waals surface area contributed by atoms with Crippen molar-refractivity contribution in [1.82, 2.24) is 15.0 Å². The molecule has 0 unspecified atom stereocenters. The summed E-state index contributed by atoms with van der Waals surface area (Å²) in [5.41, 5.74) is 1.38. The van der Waals surface area contributed by atoms with Crippen molar-refractivity contribution < 1.29 is 0 Å². The van der Waals surface area contributed by atoms with Crippen molar-refractivity contribution in [2.24, 2.45) is 0 Å². The SMILES string of the molecule is Cc1cc(C)c2[nH]c(=O)c(=O)[nH]c2n1. The maximum atomic E-state index is 11.0. The Balaban J connectivity index is 3.03. The van der Waals surface area contributed by atoms with Crippen molar-refractivity contribution >= 4 is 11.2 Å². The summed E-state index contributed by atoms with van der Waals surface area (Å²) in [7, 11) is 0. The molecule has 5 heteroatoms. The molecule has 2 aromatic heterocycles. The van der Waals surface area contributed by atoms with Gasteiger partial charge in [0.2, 0.25) is 0 Å². The molecule has 0 radical (unpaired) electrons. The molecule has 2 rings (SSSR count). The van der Waals surface area contributed by atoms with Crippen LogP contribution in [0.15, 0.2) is 15.7 Å². The van der Waals surface area contributed by atoms with Crippen molar-refractivity contribution in [3.63, 3.8) is 0 Å². The van der Waals surface area contributed by atoms with Crippen LogP contribution < -0.4 is 11.1 Å². The van der Waals surface area contributed by atoms with E-state index in [2.05, 4.69) is 15.0 Å². The number of hydrogen-bond acceptors (Lipinski definition) is 3. The van der Waals surface area contributed by atoms with Crippen LogP contribution in [0.3, 0.4) is 0 Å². The van der Waals surface area contributed by atoms with Crippen molar-refractivity contribution in [2.45, 2.75) is 13.8 Å². The van der Waals surface area contributed by atoms with Crippen molar-refractivity contribution in [2.75, 3.05) is 0 Å². The fourth-order valence-electron chi connectivity index (χ4n) is 1.42. The highest BCUT2D eigenvalue weighted by Gasteiger charge is 2.03. The van der Waals surface area contributed by atoms with Gasteiger partial charge in [0.1, 0.15) is 0 Å². The fourth-order valence-corrected chi connectivity index (χ4v) is 1.42. The molecule has 14 heavy (non-hydrogen) atoms. The Morgan fingerprint density at radius 3 is 2.50 bits per heavy atom. The minimum Gasteiger partial charge on any atom is -0.314 e. The van der Waals surface area contributed by atoms with Gasteiger partial charge in [-0.3, -0.25) is 9.59 Å². The van der Waals surface area contributed by atoms with Gasteiger partial charge in [-0.05, 0) is 25.5 Å². The molecule has 0 saturated heterocycles. The predicted molar refractivity (Wildman–Crippen MR) is 52.5 cm³/mol. The van der Waals surface area contributed by atoms with Crippen molar-refractivity contribution in [3.05, 3.63) is 38.0 Å². The molecule has 0 fully saturated rings. The number of H-pyrrole nitrogens is 2. The summed E-state index contributed by atoms with van der Waals surface area (Å²) in [4.78, 5) is 31.1. The summed E-state index contributed by atoms with van der Waals surface area (Å²) in [5.74, 6) is 0. The number of fused-ring (bicyclic) bond motifs is 1. The molecule has 2 aromatic rings. The Morgan fingerprint density at radius 1 is 1.14 bits per heavy atom. The molecule has 5 nitrogen and oxygen atoms in total. The number of aromatic nitrogens is 3. The zero-order valence-corrected chi connectivity index (χ0v) is 7.84. The van der Waals surface area contributed by atoms with Crippen LogP contribution in [0.1, 0.15) is 11.3 Å². The zero-order chi connectivity index (χ0) is 10.3. The van der Waals surface area contributed by atoms with Gasteiger partial charge in [0.05, 0.1) is 5.52 Å². The molecule has 72 valence electrons. The number of hydrogen-bond donors (Lipinski definition) is 2. The molecule has 0 aliphatic carbocycles. The van der Waals surface area contributed by atoms with E-state index in [0.717, 1.165) is 11.3 Å². The van der Waals surface area contributed by atoms with Gasteiger partial charge in [-0.25, -0.2) is 4.98 Å². The predicted octanol–water partition coefficient (Wildman–Crippen LogP) is 0.228. The van der Waals surface area contributed by atoms with E-state index < -0.39 is 11.1 Å². The Morgan fingerprint density at radius 2 is 1.79 bits per heavy atom. The molecule has 0 spiro atoms. The van der Waals surface area contributed by atoms with Gasteiger partial charge in [-0.1, -0.05) is 0 Å². The summed E-state index contributed by atoms with van der Waals surface area (Å²) in [5, 5.41) is 0. The molecule has 0 amide bonds. The van der Waals surface area contributed by atoms with Gasteiger partial charge < -0.3 is 9.97 Å². The van der Waals surface area contributed by atoms with Gasteiger partial charge in [-0.2, -0.15) is 0 Å². The maximum Gasteiger partial charge on any atom is 0.315 e. The second kappa shape index (κ2) is 2.80. The van der Waals surface area contributed by atoms with Gasteiger partial charge in [0.25, 0.3) is 0 Å². The Bertz CT molecular complexity index is 609. The van der Waals surface area contributed by atoms with Crippen LogP contribution in [0.25, 0.3) is 11.2 Å². The van der Waals surface area contributed by atoms with E-state index in [1.165, 1.54) is 0 Å². The van der Waals surface area contributed by atoms with Crippen LogP contribution >= 0.6 is 0 Å². The summed E-state index contributed by atoms with van der Waals surface area (Å²) in [6.07, 6.45) is 0. The van der Waals surface area contributed by atoms with Gasteiger partial charge in [-0.15, -0.1) is 0 Å². The third-order valence-corrected chi connectivity index (χ3v) is 2.02. The first-order valence-electron chi connectivity index (χ1n) is 4.18. The third kappa shape index (κ3) is 1.22. The Kier molecular flexibility index (Phi) is 1.73. The highest BCUT2D eigenvalue weighted by molar-refractivity contribution is 5.73. The van der Waals surface area contributed by atoms with E-state index in [9.17, 15) is 9.59 Å². The lowest BCUT2D eigenvalue weighted by atomic mass is 10.2. The quantitative estimate of drug-likeness (QED) is 0.585. The summed E-state index contributed by atoms with van der Waals surface area (Å²) >= 11 is 0. The molecule has 0 saturated carbocycles. The van der Waals surface area contributed by atoms with Crippen LogP contribution in [0.2, 0.25) is 0 Å². The molecular formula is C9H9N3O2. The molecule has 0 aliphatic rings. The van der Waals surface area contributed by atoms with Crippen LogP contribution in [0.4, 0.5) is 0 Å². The van der Waals surface area contributed by atoms with Crippen LogP contribution in [0, 0.1) is 13.8 Å². The minimum absolute atomic E-state index is 0.423. The standard InChI is InChI=1S/C9H9N3O2/c1-4-3-5(2)10-7-6(4)11-8(13)9(14)12-7/h3H,1-2H3,(H,11,13)(H,10,12,14). The molecule has 0 atom stereocenters. The highest BCUT2D eigenvalue weighted by Crippen LogP contribution is 2.09. The van der Waals surface area contributed by atoms with Crippen LogP contribution in [0.5, 0.6) is 0 Å². The number of aryl methyl sites for hydroxylation is 2. The molecule has 0 aromatic carbocycles. The average Bonchev–Trinajstić information content (AvgIpc) is 2.08. The lowest BCUT2D eigenvalue weighted by Crippen LogP contribution is -2.29. The van der Waals surface area contributed by atoms with Crippen LogP contribution in [-0.2, 0) is 0 Å². The minimum atomic E-state index is -0.671. The largest absolute Gasteiger partial charge is 0.315 e. The average molecular weight is 191 g/mol. The Hall–Kier alpha value is -1.91. The lowest BCUT2D eigenvalue weighted by Gasteiger charge is -2.01. The van der Waals surface area contributed by atoms with Crippen molar-refractivity contribution in [1.29, 1.82) is 0 Å². The van der Waals surface area contributed by atoms with Gasteiger partial charge in [0, 0.05) is 5.69 Å². The monoisotopic (exact) mass is 191 g/mol. The number of pyridine rings is 1. The van der Waals surface area contributed by atoms with Crippen LogP contribution in [-0.4, -0.2) is 15.0 Å².